The number of nitrogens with one attached hydrogen (secondary N) is 1. The maximum Gasteiger partial charge on any atom is 0.323 e. The Labute approximate surface area is 211 Å². The molecule has 2 aliphatic rings. The van der Waals surface area contributed by atoms with Gasteiger partial charge in [0.15, 0.2) is 0 Å². The van der Waals surface area contributed by atoms with E-state index in [9.17, 15) is 26.7 Å². The van der Waals surface area contributed by atoms with Crippen molar-refractivity contribution in [2.45, 2.75) is 50.5 Å². The predicted molar refractivity (Wildman–Crippen MR) is 138 cm³/mol. The molecule has 1 aromatic heterocycles. The van der Waals surface area contributed by atoms with Crippen molar-refractivity contribution >= 4 is 42.6 Å². The lowest BCUT2D eigenvalue weighted by atomic mass is 9.98. The van der Waals surface area contributed by atoms with E-state index in [1.54, 1.807) is 47.2 Å². The Bertz CT molecular complexity index is 1440. The van der Waals surface area contributed by atoms with Gasteiger partial charge in [0.1, 0.15) is 12.3 Å². The van der Waals surface area contributed by atoms with Gasteiger partial charge in [-0.25, -0.2) is 21.1 Å². The topological polar surface area (TPSA) is 135 Å². The number of aliphatic carboxylic acids is 1. The zero-order valence-corrected chi connectivity index (χ0v) is 22.0. The molecular weight excluding hydrogens is 506 g/mol. The molecule has 0 saturated carbocycles. The fraction of sp³-hybridized carbons (Fsp3) is 0.458. The fourth-order valence-electron chi connectivity index (χ4n) is 4.77. The Morgan fingerprint density at radius 1 is 1.25 bits per heavy atom. The minimum atomic E-state index is -3.58. The number of sulfonamides is 2. The Balaban J connectivity index is 1.57. The average Bonchev–Trinajstić information content (AvgIpc) is 3.38. The van der Waals surface area contributed by atoms with Crippen LogP contribution >= 0.6 is 0 Å². The Morgan fingerprint density at radius 2 is 2.00 bits per heavy atom. The van der Waals surface area contributed by atoms with Crippen molar-refractivity contribution in [1.29, 1.82) is 0 Å². The second-order valence-corrected chi connectivity index (χ2v) is 13.4. The molecule has 12 heteroatoms. The van der Waals surface area contributed by atoms with Crippen molar-refractivity contribution in [2.24, 2.45) is 0 Å². The first-order valence-electron chi connectivity index (χ1n) is 11.7. The number of carboxylic acid groups (broad SMARTS) is 1. The number of carboxylic acids is 1. The molecule has 1 aliphatic carbocycles. The van der Waals surface area contributed by atoms with Crippen LogP contribution in [0.1, 0.15) is 38.2 Å². The van der Waals surface area contributed by atoms with Crippen molar-refractivity contribution < 1.29 is 31.5 Å². The molecule has 2 atom stereocenters. The van der Waals surface area contributed by atoms with E-state index in [0.717, 1.165) is 17.2 Å². The van der Waals surface area contributed by atoms with E-state index in [1.165, 1.54) is 4.31 Å². The van der Waals surface area contributed by atoms with Crippen LogP contribution < -0.4 is 4.72 Å². The number of fused-ring (bicyclic) bond motifs is 1. The van der Waals surface area contributed by atoms with Crippen LogP contribution in [0.4, 0.5) is 5.69 Å². The van der Waals surface area contributed by atoms with Gasteiger partial charge in [-0.3, -0.25) is 9.52 Å². The zero-order valence-electron chi connectivity index (χ0n) is 20.4. The van der Waals surface area contributed by atoms with E-state index in [4.69, 9.17) is 4.74 Å². The summed E-state index contributed by atoms with van der Waals surface area (Å²) in [4.78, 5) is 11.5. The second-order valence-electron chi connectivity index (χ2n) is 9.51. The maximum atomic E-state index is 13.3. The van der Waals surface area contributed by atoms with Gasteiger partial charge >= 0.3 is 5.97 Å². The highest BCUT2D eigenvalue weighted by molar-refractivity contribution is 7.92. The molecule has 0 spiro atoms. The van der Waals surface area contributed by atoms with E-state index in [2.05, 4.69) is 4.72 Å². The van der Waals surface area contributed by atoms with Gasteiger partial charge in [0.25, 0.3) is 0 Å². The van der Waals surface area contributed by atoms with Crippen molar-refractivity contribution in [3.05, 3.63) is 53.9 Å². The third kappa shape index (κ3) is 5.76. The monoisotopic (exact) mass is 537 g/mol. The predicted octanol–water partition coefficient (Wildman–Crippen LogP) is 2.85. The van der Waals surface area contributed by atoms with Gasteiger partial charge in [-0.05, 0) is 56.5 Å². The molecule has 2 heterocycles. The van der Waals surface area contributed by atoms with Crippen LogP contribution in [-0.2, 0) is 36.1 Å². The van der Waals surface area contributed by atoms with Gasteiger partial charge in [-0.2, -0.15) is 0 Å². The lowest BCUT2D eigenvalue weighted by Crippen LogP contribution is -2.36. The first-order chi connectivity index (χ1) is 16.8. The van der Waals surface area contributed by atoms with Gasteiger partial charge in [-0.1, -0.05) is 12.1 Å². The van der Waals surface area contributed by atoms with Crippen LogP contribution in [0.25, 0.3) is 10.9 Å². The number of aromatic nitrogens is 1. The van der Waals surface area contributed by atoms with Crippen molar-refractivity contribution in [3.8, 4) is 0 Å². The molecule has 1 aromatic carbocycles. The number of carbonyl (C=O) groups is 1. The fourth-order valence-corrected chi connectivity index (χ4v) is 7.07. The number of nitrogens with zero attached hydrogens (tertiary/aromatic N) is 2. The molecule has 36 heavy (non-hydrogen) atoms. The third-order valence-electron chi connectivity index (χ3n) is 6.25. The number of anilines is 1. The smallest absolute Gasteiger partial charge is 0.323 e. The summed E-state index contributed by atoms with van der Waals surface area (Å²) >= 11 is 0. The highest BCUT2D eigenvalue weighted by atomic mass is 32.2. The summed E-state index contributed by atoms with van der Waals surface area (Å²) < 4.78 is 61.1. The number of benzene rings is 1. The van der Waals surface area contributed by atoms with Crippen LogP contribution in [0.2, 0.25) is 0 Å². The van der Waals surface area contributed by atoms with Gasteiger partial charge in [0.2, 0.25) is 20.0 Å². The second kappa shape index (κ2) is 9.91. The quantitative estimate of drug-likeness (QED) is 0.502. The Hall–Kier alpha value is -2.83. The van der Waals surface area contributed by atoms with Crippen LogP contribution in [0.15, 0.2) is 48.4 Å². The Kier molecular flexibility index (Phi) is 7.22. The minimum Gasteiger partial charge on any atom is -0.491 e. The zero-order chi connectivity index (χ0) is 26.3. The summed E-state index contributed by atoms with van der Waals surface area (Å²) in [6, 6.07) is 4.97. The summed E-state index contributed by atoms with van der Waals surface area (Å²) in [5.41, 5.74) is 1.75. The first-order valence-corrected chi connectivity index (χ1v) is 15.1. The van der Waals surface area contributed by atoms with E-state index in [-0.39, 0.29) is 18.6 Å². The molecule has 4 rings (SSSR count). The molecule has 2 unspecified atom stereocenters. The molecule has 0 radical (unpaired) electrons. The molecule has 0 amide bonds. The van der Waals surface area contributed by atoms with E-state index < -0.39 is 31.3 Å². The summed E-state index contributed by atoms with van der Waals surface area (Å²) in [5, 5.41) is 9.49. The van der Waals surface area contributed by atoms with Crippen LogP contribution in [0, 0.1) is 0 Å². The SMILES string of the molecule is CC(C)OC1=CCC(S(=O)(=O)N2CCC(c3cn(CC(=O)O)c4cc(NS(C)(=O)=O)ccc34)C2)C=C1. The van der Waals surface area contributed by atoms with Crippen molar-refractivity contribution in [1.82, 2.24) is 8.87 Å². The minimum absolute atomic E-state index is 0.00916. The van der Waals surface area contributed by atoms with Crippen LogP contribution in [-0.4, -0.2) is 67.5 Å². The number of hydrogen-bond acceptors (Lipinski definition) is 6. The van der Waals surface area contributed by atoms with Gasteiger partial charge in [-0.15, -0.1) is 0 Å². The number of rotatable bonds is 9. The number of ether oxygens (including phenoxy) is 1. The van der Waals surface area contributed by atoms with Gasteiger partial charge in [0.05, 0.1) is 28.8 Å². The third-order valence-corrected chi connectivity index (χ3v) is 9.03. The van der Waals surface area contributed by atoms with Crippen molar-refractivity contribution in [3.63, 3.8) is 0 Å². The largest absolute Gasteiger partial charge is 0.491 e. The van der Waals surface area contributed by atoms with E-state index in [1.807, 2.05) is 13.8 Å². The molecule has 196 valence electrons. The van der Waals surface area contributed by atoms with Gasteiger partial charge < -0.3 is 14.4 Å². The van der Waals surface area contributed by atoms with Crippen LogP contribution in [0.3, 0.4) is 0 Å². The highest BCUT2D eigenvalue weighted by Crippen LogP contribution is 2.37. The lowest BCUT2D eigenvalue weighted by molar-refractivity contribution is -0.137. The Morgan fingerprint density at radius 3 is 2.61 bits per heavy atom. The lowest BCUT2D eigenvalue weighted by Gasteiger charge is -2.24. The molecular formula is C24H31N3O7S2. The van der Waals surface area contributed by atoms with Crippen LogP contribution in [0.5, 0.6) is 0 Å². The summed E-state index contributed by atoms with van der Waals surface area (Å²) in [6.07, 6.45) is 8.92. The first kappa shape index (κ1) is 26.2. The number of allylic oxidation sites excluding steroid dienone is 2. The van der Waals surface area contributed by atoms with E-state index >= 15 is 0 Å². The summed E-state index contributed by atoms with van der Waals surface area (Å²) in [7, 11) is -7.08. The molecule has 0 bridgehead atoms. The number of hydrogen-bond donors (Lipinski definition) is 2. The molecule has 1 aliphatic heterocycles. The van der Waals surface area contributed by atoms with Gasteiger partial charge in [0, 0.05) is 30.6 Å². The maximum absolute atomic E-state index is 13.3. The highest BCUT2D eigenvalue weighted by Gasteiger charge is 2.37. The normalized spacial score (nSPS) is 21.2. The average molecular weight is 538 g/mol. The molecule has 10 nitrogen and oxygen atoms in total. The van der Waals surface area contributed by atoms with Crippen molar-refractivity contribution in [2.75, 3.05) is 24.1 Å². The standard InChI is InChI=1S/C24H31N3O7S2/c1-16(2)34-19-5-7-20(8-6-19)36(32,33)27-11-10-17(13-27)22-14-26(15-24(28)29)23-12-18(4-9-21(22)23)25-35(3,30)31/h4-7,9,12,14,16-17,20,25H,8,10-11,13,15H2,1-3H3,(H,28,29). The molecule has 1 fully saturated rings. The van der Waals surface area contributed by atoms with E-state index in [0.29, 0.717) is 42.9 Å². The molecule has 1 saturated heterocycles. The molecule has 2 aromatic rings. The molecule has 2 N–H and O–H groups in total. The summed E-state index contributed by atoms with van der Waals surface area (Å²) in [6.45, 7) is 4.20. The summed E-state index contributed by atoms with van der Waals surface area (Å²) in [5.74, 6) is -0.478.